The monoisotopic (exact) mass is 196 g/mol. The van der Waals surface area contributed by atoms with Gasteiger partial charge in [0.25, 0.3) is 0 Å². The van der Waals surface area contributed by atoms with Gasteiger partial charge in [-0.2, -0.15) is 0 Å². The average Bonchev–Trinajstić information content (AvgIpc) is 2.28. The minimum absolute atomic E-state index is 0.146. The fourth-order valence-electron chi connectivity index (χ4n) is 2.75. The Labute approximate surface area is 85.6 Å². The first kappa shape index (κ1) is 9.97. The number of amides is 1. The van der Waals surface area contributed by atoms with Crippen LogP contribution in [0, 0.1) is 5.92 Å². The van der Waals surface area contributed by atoms with Crippen molar-refractivity contribution in [2.24, 2.45) is 11.7 Å². The van der Waals surface area contributed by atoms with Gasteiger partial charge in [-0.3, -0.25) is 4.79 Å². The van der Waals surface area contributed by atoms with Crippen molar-refractivity contribution < 1.29 is 4.79 Å². The normalized spacial score (nSPS) is 34.0. The molecule has 80 valence electrons. The number of carbonyl (C=O) groups excluding carboxylic acids is 1. The van der Waals surface area contributed by atoms with E-state index in [0.29, 0.717) is 6.04 Å². The molecule has 2 unspecified atom stereocenters. The van der Waals surface area contributed by atoms with Crippen molar-refractivity contribution in [3.8, 4) is 0 Å². The lowest BCUT2D eigenvalue weighted by Crippen LogP contribution is -2.61. The summed E-state index contributed by atoms with van der Waals surface area (Å²) in [7, 11) is 0. The summed E-state index contributed by atoms with van der Waals surface area (Å²) in [6, 6.07) is 0.204. The maximum atomic E-state index is 11.7. The second-order valence-electron chi connectivity index (χ2n) is 4.74. The molecule has 0 radical (unpaired) electrons. The lowest BCUT2D eigenvalue weighted by molar-refractivity contribution is -0.145. The highest BCUT2D eigenvalue weighted by atomic mass is 16.2. The SMILES string of the molecule is C[C@H](N)C(=O)N1CC2CCCCCC21. The van der Waals surface area contributed by atoms with Crippen LogP contribution in [0.15, 0.2) is 0 Å². The second kappa shape index (κ2) is 3.89. The second-order valence-corrected chi connectivity index (χ2v) is 4.74. The van der Waals surface area contributed by atoms with E-state index in [1.54, 1.807) is 6.92 Å². The molecule has 3 heteroatoms. The highest BCUT2D eigenvalue weighted by Gasteiger charge is 2.42. The molecule has 1 aliphatic carbocycles. The lowest BCUT2D eigenvalue weighted by Gasteiger charge is -2.48. The van der Waals surface area contributed by atoms with Crippen molar-refractivity contribution in [1.82, 2.24) is 4.90 Å². The molecular formula is C11H20N2O. The summed E-state index contributed by atoms with van der Waals surface area (Å²) in [4.78, 5) is 13.7. The van der Waals surface area contributed by atoms with Crippen molar-refractivity contribution in [2.45, 2.75) is 51.1 Å². The number of likely N-dealkylation sites (tertiary alicyclic amines) is 1. The Bertz CT molecular complexity index is 227. The first-order valence-electron chi connectivity index (χ1n) is 5.76. The largest absolute Gasteiger partial charge is 0.338 e. The van der Waals surface area contributed by atoms with Gasteiger partial charge in [0.2, 0.25) is 5.91 Å². The van der Waals surface area contributed by atoms with Crippen LogP contribution in [-0.2, 0) is 4.79 Å². The van der Waals surface area contributed by atoms with Crippen molar-refractivity contribution in [1.29, 1.82) is 0 Å². The number of carbonyl (C=O) groups is 1. The molecule has 1 amide bonds. The van der Waals surface area contributed by atoms with Crippen molar-refractivity contribution in [2.75, 3.05) is 6.54 Å². The van der Waals surface area contributed by atoms with Crippen LogP contribution in [0.4, 0.5) is 0 Å². The van der Waals surface area contributed by atoms with Gasteiger partial charge in [0.15, 0.2) is 0 Å². The number of hydrogen-bond acceptors (Lipinski definition) is 2. The summed E-state index contributed by atoms with van der Waals surface area (Å²) in [5, 5.41) is 0. The summed E-state index contributed by atoms with van der Waals surface area (Å²) < 4.78 is 0. The molecular weight excluding hydrogens is 176 g/mol. The molecule has 0 spiro atoms. The minimum Gasteiger partial charge on any atom is -0.338 e. The molecule has 2 aliphatic rings. The van der Waals surface area contributed by atoms with E-state index >= 15 is 0 Å². The van der Waals surface area contributed by atoms with Crippen molar-refractivity contribution >= 4 is 5.91 Å². The number of fused-ring (bicyclic) bond motifs is 1. The highest BCUT2D eigenvalue weighted by Crippen LogP contribution is 2.36. The quantitative estimate of drug-likeness (QED) is 0.683. The maximum Gasteiger partial charge on any atom is 0.239 e. The van der Waals surface area contributed by atoms with Gasteiger partial charge in [-0.15, -0.1) is 0 Å². The first-order chi connectivity index (χ1) is 6.70. The Hall–Kier alpha value is -0.570. The van der Waals surface area contributed by atoms with Crippen LogP contribution >= 0.6 is 0 Å². The summed E-state index contributed by atoms with van der Waals surface area (Å²) >= 11 is 0. The van der Waals surface area contributed by atoms with Gasteiger partial charge in [-0.05, 0) is 25.7 Å². The van der Waals surface area contributed by atoms with Gasteiger partial charge in [-0.25, -0.2) is 0 Å². The van der Waals surface area contributed by atoms with Gasteiger partial charge >= 0.3 is 0 Å². The Morgan fingerprint density at radius 3 is 2.79 bits per heavy atom. The van der Waals surface area contributed by atoms with Crippen LogP contribution in [0.1, 0.15) is 39.0 Å². The summed E-state index contributed by atoms with van der Waals surface area (Å²) in [5.41, 5.74) is 5.62. The number of hydrogen-bond donors (Lipinski definition) is 1. The van der Waals surface area contributed by atoms with Crippen LogP contribution in [0.5, 0.6) is 0 Å². The predicted molar refractivity (Wildman–Crippen MR) is 55.7 cm³/mol. The summed E-state index contributed by atoms with van der Waals surface area (Å²) in [5.74, 6) is 0.924. The molecule has 1 heterocycles. The van der Waals surface area contributed by atoms with E-state index in [4.69, 9.17) is 5.73 Å². The fraction of sp³-hybridized carbons (Fsp3) is 0.909. The maximum absolute atomic E-state index is 11.7. The van der Waals surface area contributed by atoms with E-state index in [0.717, 1.165) is 12.5 Å². The van der Waals surface area contributed by atoms with Crippen LogP contribution in [0.3, 0.4) is 0 Å². The molecule has 0 aromatic rings. The molecule has 0 aromatic carbocycles. The molecule has 0 aromatic heterocycles. The number of nitrogens with zero attached hydrogens (tertiary/aromatic N) is 1. The molecule has 1 aliphatic heterocycles. The van der Waals surface area contributed by atoms with Crippen molar-refractivity contribution in [3.05, 3.63) is 0 Å². The average molecular weight is 196 g/mol. The third-order valence-electron chi connectivity index (χ3n) is 3.62. The van der Waals surface area contributed by atoms with Gasteiger partial charge in [-0.1, -0.05) is 19.3 Å². The van der Waals surface area contributed by atoms with Crippen molar-refractivity contribution in [3.63, 3.8) is 0 Å². The Morgan fingerprint density at radius 1 is 1.36 bits per heavy atom. The Morgan fingerprint density at radius 2 is 2.07 bits per heavy atom. The molecule has 3 atom stereocenters. The fourth-order valence-corrected chi connectivity index (χ4v) is 2.75. The van der Waals surface area contributed by atoms with Crippen LogP contribution in [0.25, 0.3) is 0 Å². The molecule has 14 heavy (non-hydrogen) atoms. The Balaban J connectivity index is 1.95. The van der Waals surface area contributed by atoms with Crippen LogP contribution in [-0.4, -0.2) is 29.4 Å². The molecule has 2 rings (SSSR count). The zero-order valence-corrected chi connectivity index (χ0v) is 8.91. The standard InChI is InChI=1S/C11H20N2O/c1-8(12)11(14)13-7-9-5-3-2-4-6-10(9)13/h8-10H,2-7,12H2,1H3/t8-,9?,10?/m0/s1. The molecule has 1 saturated carbocycles. The summed E-state index contributed by atoms with van der Waals surface area (Å²) in [6.07, 6.45) is 6.48. The van der Waals surface area contributed by atoms with Gasteiger partial charge in [0.1, 0.15) is 0 Å². The zero-order chi connectivity index (χ0) is 10.1. The topological polar surface area (TPSA) is 46.3 Å². The predicted octanol–water partition coefficient (Wildman–Crippen LogP) is 1.12. The zero-order valence-electron chi connectivity index (χ0n) is 8.91. The number of nitrogens with two attached hydrogens (primary N) is 1. The van der Waals surface area contributed by atoms with E-state index < -0.39 is 0 Å². The molecule has 2 N–H and O–H groups in total. The van der Waals surface area contributed by atoms with E-state index in [9.17, 15) is 4.79 Å². The van der Waals surface area contributed by atoms with E-state index in [-0.39, 0.29) is 11.9 Å². The third-order valence-corrected chi connectivity index (χ3v) is 3.62. The molecule has 3 nitrogen and oxygen atoms in total. The summed E-state index contributed by atoms with van der Waals surface area (Å²) in [6.45, 7) is 2.75. The van der Waals surface area contributed by atoms with E-state index in [1.165, 1.54) is 32.1 Å². The van der Waals surface area contributed by atoms with E-state index in [1.807, 2.05) is 4.90 Å². The first-order valence-corrected chi connectivity index (χ1v) is 5.76. The van der Waals surface area contributed by atoms with E-state index in [2.05, 4.69) is 0 Å². The smallest absolute Gasteiger partial charge is 0.239 e. The molecule has 0 bridgehead atoms. The number of rotatable bonds is 1. The minimum atomic E-state index is -0.320. The van der Waals surface area contributed by atoms with Gasteiger partial charge < -0.3 is 10.6 Å². The van der Waals surface area contributed by atoms with Gasteiger partial charge in [0, 0.05) is 12.6 Å². The highest BCUT2D eigenvalue weighted by molar-refractivity contribution is 5.82. The molecule has 2 fully saturated rings. The van der Waals surface area contributed by atoms with Gasteiger partial charge in [0.05, 0.1) is 6.04 Å². The Kier molecular flexibility index (Phi) is 2.77. The third kappa shape index (κ3) is 1.65. The lowest BCUT2D eigenvalue weighted by atomic mass is 9.84. The molecule has 1 saturated heterocycles. The van der Waals surface area contributed by atoms with Crippen LogP contribution in [0.2, 0.25) is 0 Å². The van der Waals surface area contributed by atoms with Crippen LogP contribution < -0.4 is 5.73 Å².